The molecule has 1 N–H and O–H groups in total. The highest BCUT2D eigenvalue weighted by Gasteiger charge is 2.05. The molecule has 0 bridgehead atoms. The van der Waals surface area contributed by atoms with E-state index in [2.05, 4.69) is 5.32 Å². The lowest BCUT2D eigenvalue weighted by atomic mass is 10.2. The molecule has 0 aliphatic carbocycles. The number of rotatable bonds is 0. The monoisotopic (exact) mass is 171 g/mol. The van der Waals surface area contributed by atoms with E-state index in [1.165, 1.54) is 19.3 Å². The summed E-state index contributed by atoms with van der Waals surface area (Å²) >= 11 is 0. The van der Waals surface area contributed by atoms with Gasteiger partial charge in [0, 0.05) is 26.2 Å². The summed E-state index contributed by atoms with van der Waals surface area (Å²) in [5, 5.41) is 2.68. The summed E-state index contributed by atoms with van der Waals surface area (Å²) in [6, 6.07) is 0. The first-order valence-electron chi connectivity index (χ1n) is 4.74. The van der Waals surface area contributed by atoms with Gasteiger partial charge in [-0.2, -0.15) is 0 Å². The molecule has 0 unspecified atom stereocenters. The first-order chi connectivity index (χ1) is 5.89. The van der Waals surface area contributed by atoms with Crippen molar-refractivity contribution in [3.05, 3.63) is 0 Å². The average Bonchev–Trinajstić information content (AvgIpc) is 2.60. The third kappa shape index (κ3) is 4.34. The predicted molar refractivity (Wildman–Crippen MR) is 46.9 cm³/mol. The second-order valence-corrected chi connectivity index (χ2v) is 3.13. The quantitative estimate of drug-likeness (QED) is 0.592. The number of hydrogen-bond acceptors (Lipinski definition) is 2. The third-order valence-corrected chi connectivity index (χ3v) is 1.98. The van der Waals surface area contributed by atoms with Gasteiger partial charge in [-0.3, -0.25) is 4.79 Å². The van der Waals surface area contributed by atoms with Crippen LogP contribution in [0.4, 0.5) is 0 Å². The lowest BCUT2D eigenvalue weighted by Crippen LogP contribution is -2.12. The summed E-state index contributed by atoms with van der Waals surface area (Å²) in [5.74, 6) is 0.204. The molecule has 0 saturated carbocycles. The molecule has 2 aliphatic heterocycles. The summed E-state index contributed by atoms with van der Waals surface area (Å²) in [4.78, 5) is 10.1. The van der Waals surface area contributed by atoms with Gasteiger partial charge in [-0.25, -0.2) is 0 Å². The Morgan fingerprint density at radius 1 is 1.08 bits per heavy atom. The molecule has 0 spiro atoms. The fraction of sp³-hybridized carbons (Fsp3) is 0.889. The van der Waals surface area contributed by atoms with Gasteiger partial charge in [0.15, 0.2) is 0 Å². The van der Waals surface area contributed by atoms with Crippen LogP contribution in [0.1, 0.15) is 32.1 Å². The molecule has 0 aromatic rings. The van der Waals surface area contributed by atoms with E-state index in [0.717, 1.165) is 32.6 Å². The Hall–Kier alpha value is -0.570. The molecule has 0 radical (unpaired) electrons. The van der Waals surface area contributed by atoms with Crippen LogP contribution in [0.5, 0.6) is 0 Å². The van der Waals surface area contributed by atoms with Gasteiger partial charge in [0.05, 0.1) is 0 Å². The summed E-state index contributed by atoms with van der Waals surface area (Å²) in [5.41, 5.74) is 0. The van der Waals surface area contributed by atoms with Crippen LogP contribution in [0.15, 0.2) is 0 Å². The Bertz CT molecular complexity index is 113. The maximum Gasteiger partial charge on any atom is 0.220 e. The SMILES string of the molecule is C1CCOCC1.O=C1CCCN1. The maximum atomic E-state index is 10.1. The molecule has 70 valence electrons. The Kier molecular flexibility index (Phi) is 4.76. The Labute approximate surface area is 73.5 Å². The highest BCUT2D eigenvalue weighted by molar-refractivity contribution is 5.77. The van der Waals surface area contributed by atoms with E-state index in [-0.39, 0.29) is 5.91 Å². The maximum absolute atomic E-state index is 10.1. The van der Waals surface area contributed by atoms with Crippen molar-refractivity contribution >= 4 is 5.91 Å². The minimum Gasteiger partial charge on any atom is -0.381 e. The zero-order valence-electron chi connectivity index (χ0n) is 7.47. The van der Waals surface area contributed by atoms with E-state index in [4.69, 9.17) is 4.74 Å². The lowest BCUT2D eigenvalue weighted by Gasteiger charge is -2.08. The molecule has 2 rings (SSSR count). The van der Waals surface area contributed by atoms with Gasteiger partial charge in [0.25, 0.3) is 0 Å². The van der Waals surface area contributed by atoms with Crippen LogP contribution in [-0.4, -0.2) is 25.7 Å². The minimum absolute atomic E-state index is 0.204. The van der Waals surface area contributed by atoms with E-state index in [1.54, 1.807) is 0 Å². The number of ether oxygens (including phenoxy) is 1. The van der Waals surface area contributed by atoms with Crippen molar-refractivity contribution in [2.24, 2.45) is 0 Å². The Morgan fingerprint density at radius 3 is 2.00 bits per heavy atom. The molecule has 3 nitrogen and oxygen atoms in total. The summed E-state index contributed by atoms with van der Waals surface area (Å²) in [6.45, 7) is 2.89. The van der Waals surface area contributed by atoms with Crippen molar-refractivity contribution in [2.75, 3.05) is 19.8 Å². The molecule has 2 saturated heterocycles. The summed E-state index contributed by atoms with van der Waals surface area (Å²) in [6.07, 6.45) is 5.69. The van der Waals surface area contributed by atoms with Crippen molar-refractivity contribution < 1.29 is 9.53 Å². The van der Waals surface area contributed by atoms with Crippen LogP contribution in [-0.2, 0) is 9.53 Å². The number of carbonyl (C=O) groups excluding carboxylic acids is 1. The molecular formula is C9H17NO2. The van der Waals surface area contributed by atoms with Crippen molar-refractivity contribution in [3.63, 3.8) is 0 Å². The van der Waals surface area contributed by atoms with Gasteiger partial charge < -0.3 is 10.1 Å². The average molecular weight is 171 g/mol. The second-order valence-electron chi connectivity index (χ2n) is 3.13. The van der Waals surface area contributed by atoms with Crippen molar-refractivity contribution in [3.8, 4) is 0 Å². The standard InChI is InChI=1S/C5H10O.C4H7NO/c1-2-4-6-5-3-1;6-4-2-1-3-5-4/h1-5H2;1-3H2,(H,5,6). The molecule has 1 amide bonds. The number of amides is 1. The highest BCUT2D eigenvalue weighted by atomic mass is 16.5. The van der Waals surface area contributed by atoms with Crippen LogP contribution in [0, 0.1) is 0 Å². The van der Waals surface area contributed by atoms with Gasteiger partial charge in [-0.15, -0.1) is 0 Å². The molecule has 2 aliphatic rings. The van der Waals surface area contributed by atoms with E-state index in [1.807, 2.05) is 0 Å². The van der Waals surface area contributed by atoms with Gasteiger partial charge in [-0.1, -0.05) is 0 Å². The lowest BCUT2D eigenvalue weighted by molar-refractivity contribution is -0.119. The Morgan fingerprint density at radius 2 is 1.83 bits per heavy atom. The van der Waals surface area contributed by atoms with Gasteiger partial charge in [-0.05, 0) is 25.7 Å². The normalized spacial score (nSPS) is 22.5. The van der Waals surface area contributed by atoms with E-state index >= 15 is 0 Å². The summed E-state index contributed by atoms with van der Waals surface area (Å²) in [7, 11) is 0. The van der Waals surface area contributed by atoms with E-state index in [0.29, 0.717) is 0 Å². The smallest absolute Gasteiger partial charge is 0.220 e. The van der Waals surface area contributed by atoms with Crippen LogP contribution in [0.2, 0.25) is 0 Å². The fourth-order valence-corrected chi connectivity index (χ4v) is 1.25. The van der Waals surface area contributed by atoms with Crippen LogP contribution in [0.25, 0.3) is 0 Å². The van der Waals surface area contributed by atoms with Crippen LogP contribution >= 0.6 is 0 Å². The van der Waals surface area contributed by atoms with Crippen molar-refractivity contribution in [2.45, 2.75) is 32.1 Å². The fourth-order valence-electron chi connectivity index (χ4n) is 1.25. The molecular weight excluding hydrogens is 154 g/mol. The van der Waals surface area contributed by atoms with E-state index in [9.17, 15) is 4.79 Å². The van der Waals surface area contributed by atoms with Crippen molar-refractivity contribution in [1.82, 2.24) is 5.32 Å². The van der Waals surface area contributed by atoms with Crippen LogP contribution < -0.4 is 5.32 Å². The molecule has 2 heterocycles. The number of hydrogen-bond donors (Lipinski definition) is 1. The van der Waals surface area contributed by atoms with Crippen LogP contribution in [0.3, 0.4) is 0 Å². The molecule has 2 fully saturated rings. The second kappa shape index (κ2) is 6.00. The summed E-state index contributed by atoms with van der Waals surface area (Å²) < 4.78 is 5.07. The first kappa shape index (κ1) is 9.52. The largest absolute Gasteiger partial charge is 0.381 e. The Balaban J connectivity index is 0.000000120. The molecule has 0 atom stereocenters. The highest BCUT2D eigenvalue weighted by Crippen LogP contribution is 2.02. The zero-order chi connectivity index (χ0) is 8.65. The van der Waals surface area contributed by atoms with Crippen molar-refractivity contribution in [1.29, 1.82) is 0 Å². The van der Waals surface area contributed by atoms with Gasteiger partial charge in [0.1, 0.15) is 0 Å². The molecule has 3 heteroatoms. The minimum atomic E-state index is 0.204. The number of carbonyl (C=O) groups is 1. The van der Waals surface area contributed by atoms with Gasteiger partial charge in [0.2, 0.25) is 5.91 Å². The zero-order valence-corrected chi connectivity index (χ0v) is 7.47. The van der Waals surface area contributed by atoms with E-state index < -0.39 is 0 Å². The first-order valence-corrected chi connectivity index (χ1v) is 4.74. The third-order valence-electron chi connectivity index (χ3n) is 1.98. The number of nitrogens with one attached hydrogen (secondary N) is 1. The predicted octanol–water partition coefficient (Wildman–Crippen LogP) is 1.08. The molecule has 0 aromatic carbocycles. The topological polar surface area (TPSA) is 38.3 Å². The van der Waals surface area contributed by atoms with Gasteiger partial charge >= 0.3 is 0 Å². The molecule has 12 heavy (non-hydrogen) atoms. The molecule has 0 aromatic heterocycles.